The van der Waals surface area contributed by atoms with E-state index in [2.05, 4.69) is 12.2 Å². The molecule has 2 aliphatic rings. The maximum atomic E-state index is 5.88. The van der Waals surface area contributed by atoms with E-state index in [9.17, 15) is 0 Å². The lowest BCUT2D eigenvalue weighted by Crippen LogP contribution is -2.32. The Morgan fingerprint density at radius 2 is 1.79 bits per heavy atom. The van der Waals surface area contributed by atoms with Crippen LogP contribution in [0.2, 0.25) is 0 Å². The molecule has 3 N–H and O–H groups in total. The molecule has 2 unspecified atom stereocenters. The van der Waals surface area contributed by atoms with Gasteiger partial charge in [-0.1, -0.05) is 6.92 Å². The number of hydrogen-bond acceptors (Lipinski definition) is 2. The summed E-state index contributed by atoms with van der Waals surface area (Å²) < 4.78 is 0. The highest BCUT2D eigenvalue weighted by Crippen LogP contribution is 2.36. The first kappa shape index (κ1) is 10.4. The van der Waals surface area contributed by atoms with Crippen molar-refractivity contribution in [2.75, 3.05) is 13.1 Å². The van der Waals surface area contributed by atoms with E-state index in [4.69, 9.17) is 5.73 Å². The second-order valence-corrected chi connectivity index (χ2v) is 5.41. The van der Waals surface area contributed by atoms with Crippen LogP contribution in [-0.4, -0.2) is 19.1 Å². The lowest BCUT2D eigenvalue weighted by molar-refractivity contribution is 0.313. The van der Waals surface area contributed by atoms with Gasteiger partial charge in [0.15, 0.2) is 0 Å². The van der Waals surface area contributed by atoms with E-state index < -0.39 is 0 Å². The van der Waals surface area contributed by atoms with E-state index in [0.29, 0.717) is 6.04 Å². The normalized spacial score (nSPS) is 42.4. The molecular formula is C12H24N2. The van der Waals surface area contributed by atoms with Gasteiger partial charge < -0.3 is 11.1 Å². The van der Waals surface area contributed by atoms with Gasteiger partial charge in [0.1, 0.15) is 0 Å². The molecular weight excluding hydrogens is 172 g/mol. The van der Waals surface area contributed by atoms with Gasteiger partial charge in [0.2, 0.25) is 0 Å². The molecule has 0 spiro atoms. The van der Waals surface area contributed by atoms with Crippen molar-refractivity contribution in [3.05, 3.63) is 0 Å². The van der Waals surface area contributed by atoms with E-state index in [1.165, 1.54) is 45.2 Å². The Hall–Kier alpha value is -0.0800. The summed E-state index contributed by atoms with van der Waals surface area (Å²) in [6.45, 7) is 4.84. The predicted molar refractivity (Wildman–Crippen MR) is 60.1 cm³/mol. The molecule has 0 aromatic carbocycles. The topological polar surface area (TPSA) is 38.0 Å². The minimum atomic E-state index is 0.495. The fourth-order valence-corrected chi connectivity index (χ4v) is 2.55. The molecule has 2 rings (SSSR count). The summed E-state index contributed by atoms with van der Waals surface area (Å²) in [5, 5.41) is 3.62. The Kier molecular flexibility index (Phi) is 3.45. The highest BCUT2D eigenvalue weighted by atomic mass is 14.9. The minimum absolute atomic E-state index is 0.495. The number of hydrogen-bond donors (Lipinski definition) is 2. The van der Waals surface area contributed by atoms with Crippen LogP contribution in [0, 0.1) is 17.8 Å². The molecule has 2 saturated carbocycles. The molecule has 2 nitrogen and oxygen atoms in total. The van der Waals surface area contributed by atoms with Crippen LogP contribution in [0.3, 0.4) is 0 Å². The van der Waals surface area contributed by atoms with E-state index in [0.717, 1.165) is 17.8 Å². The van der Waals surface area contributed by atoms with Crippen molar-refractivity contribution in [2.45, 2.75) is 45.1 Å². The van der Waals surface area contributed by atoms with Crippen molar-refractivity contribution in [1.82, 2.24) is 5.32 Å². The number of rotatable bonds is 4. The standard InChI is InChI=1S/C12H24N2/c1-9-6-11(9)8-14-7-10-2-4-12(13)5-3-10/h9-12,14H,2-8,13H2,1H3. The van der Waals surface area contributed by atoms with Crippen LogP contribution in [0.5, 0.6) is 0 Å². The second kappa shape index (κ2) is 4.63. The van der Waals surface area contributed by atoms with Gasteiger partial charge in [0.25, 0.3) is 0 Å². The lowest BCUT2D eigenvalue weighted by atomic mass is 9.86. The fourth-order valence-electron chi connectivity index (χ4n) is 2.55. The van der Waals surface area contributed by atoms with Crippen molar-refractivity contribution < 1.29 is 0 Å². The number of nitrogens with two attached hydrogens (primary N) is 1. The summed E-state index contributed by atoms with van der Waals surface area (Å²) in [4.78, 5) is 0. The molecule has 82 valence electrons. The van der Waals surface area contributed by atoms with Gasteiger partial charge in [-0.05, 0) is 62.9 Å². The SMILES string of the molecule is CC1CC1CNCC1CCC(N)CC1. The summed E-state index contributed by atoms with van der Waals surface area (Å²) in [6, 6.07) is 0.495. The van der Waals surface area contributed by atoms with Gasteiger partial charge in [-0.15, -0.1) is 0 Å². The Morgan fingerprint density at radius 3 is 2.36 bits per heavy atom. The second-order valence-electron chi connectivity index (χ2n) is 5.41. The first-order chi connectivity index (χ1) is 6.75. The van der Waals surface area contributed by atoms with Gasteiger partial charge in [0, 0.05) is 6.04 Å². The molecule has 0 bridgehead atoms. The van der Waals surface area contributed by atoms with Crippen molar-refractivity contribution >= 4 is 0 Å². The third-order valence-corrected chi connectivity index (χ3v) is 4.01. The molecule has 2 fully saturated rings. The van der Waals surface area contributed by atoms with Gasteiger partial charge in [-0.2, -0.15) is 0 Å². The van der Waals surface area contributed by atoms with Crippen molar-refractivity contribution in [3.63, 3.8) is 0 Å². The molecule has 2 atom stereocenters. The van der Waals surface area contributed by atoms with Crippen LogP contribution >= 0.6 is 0 Å². The van der Waals surface area contributed by atoms with Gasteiger partial charge in [0.05, 0.1) is 0 Å². The largest absolute Gasteiger partial charge is 0.328 e. The Morgan fingerprint density at radius 1 is 1.14 bits per heavy atom. The molecule has 0 heterocycles. The molecule has 0 aromatic rings. The Bertz CT molecular complexity index is 173. The zero-order valence-electron chi connectivity index (χ0n) is 9.34. The van der Waals surface area contributed by atoms with E-state index >= 15 is 0 Å². The smallest absolute Gasteiger partial charge is 0.00390 e. The van der Waals surface area contributed by atoms with Crippen molar-refractivity contribution in [2.24, 2.45) is 23.5 Å². The van der Waals surface area contributed by atoms with Crippen molar-refractivity contribution in [3.8, 4) is 0 Å². The third kappa shape index (κ3) is 2.96. The summed E-state index contributed by atoms with van der Waals surface area (Å²) >= 11 is 0. The summed E-state index contributed by atoms with van der Waals surface area (Å²) in [5.41, 5.74) is 5.88. The third-order valence-electron chi connectivity index (χ3n) is 4.01. The molecule has 2 aliphatic carbocycles. The average Bonchev–Trinajstić information content (AvgIpc) is 2.86. The summed E-state index contributed by atoms with van der Waals surface area (Å²) in [7, 11) is 0. The van der Waals surface area contributed by atoms with Crippen LogP contribution < -0.4 is 11.1 Å². The minimum Gasteiger partial charge on any atom is -0.328 e. The Balaban J connectivity index is 1.53. The predicted octanol–water partition coefficient (Wildman–Crippen LogP) is 1.75. The Labute approximate surface area is 87.6 Å². The van der Waals surface area contributed by atoms with E-state index in [-0.39, 0.29) is 0 Å². The van der Waals surface area contributed by atoms with E-state index in [1.807, 2.05) is 0 Å². The van der Waals surface area contributed by atoms with Crippen LogP contribution in [0.4, 0.5) is 0 Å². The maximum absolute atomic E-state index is 5.88. The monoisotopic (exact) mass is 196 g/mol. The first-order valence-electron chi connectivity index (χ1n) is 6.22. The van der Waals surface area contributed by atoms with Crippen molar-refractivity contribution in [1.29, 1.82) is 0 Å². The molecule has 0 amide bonds. The molecule has 0 aliphatic heterocycles. The average molecular weight is 196 g/mol. The highest BCUT2D eigenvalue weighted by Gasteiger charge is 2.31. The summed E-state index contributed by atoms with van der Waals surface area (Å²) in [5.74, 6) is 2.88. The fraction of sp³-hybridized carbons (Fsp3) is 1.00. The lowest BCUT2D eigenvalue weighted by Gasteiger charge is -2.26. The quantitative estimate of drug-likeness (QED) is 0.719. The summed E-state index contributed by atoms with van der Waals surface area (Å²) in [6.07, 6.45) is 6.61. The zero-order chi connectivity index (χ0) is 9.97. The molecule has 14 heavy (non-hydrogen) atoms. The maximum Gasteiger partial charge on any atom is 0.00390 e. The van der Waals surface area contributed by atoms with Crippen LogP contribution in [0.15, 0.2) is 0 Å². The van der Waals surface area contributed by atoms with Crippen LogP contribution in [0.25, 0.3) is 0 Å². The zero-order valence-corrected chi connectivity index (χ0v) is 9.34. The molecule has 0 aromatic heterocycles. The number of nitrogens with one attached hydrogen (secondary N) is 1. The first-order valence-corrected chi connectivity index (χ1v) is 6.22. The molecule has 0 saturated heterocycles. The van der Waals surface area contributed by atoms with E-state index in [1.54, 1.807) is 0 Å². The van der Waals surface area contributed by atoms with Gasteiger partial charge in [-0.3, -0.25) is 0 Å². The van der Waals surface area contributed by atoms with Crippen LogP contribution in [0.1, 0.15) is 39.0 Å². The molecule has 2 heteroatoms. The van der Waals surface area contributed by atoms with Crippen LogP contribution in [-0.2, 0) is 0 Å². The molecule has 0 radical (unpaired) electrons. The van der Waals surface area contributed by atoms with Gasteiger partial charge in [-0.25, -0.2) is 0 Å². The highest BCUT2D eigenvalue weighted by molar-refractivity contribution is 4.84. The van der Waals surface area contributed by atoms with Gasteiger partial charge >= 0.3 is 0 Å².